The molecule has 1 saturated heterocycles. The molecule has 18 heavy (non-hydrogen) atoms. The fourth-order valence-corrected chi connectivity index (χ4v) is 3.93. The standard InChI is InChI=1S/C13H18N2OS.ClH/c1-9-8-15(6-5-14-9)13(16)12-7-10-3-2-4-11(10)17-12;/h7,9,14H,2-6,8H2,1H3;1H/t9-;/m1./s1. The fraction of sp³-hybridized carbons (Fsp3) is 0.615. The van der Waals surface area contributed by atoms with Gasteiger partial charge in [-0.3, -0.25) is 4.79 Å². The maximum Gasteiger partial charge on any atom is 0.264 e. The van der Waals surface area contributed by atoms with E-state index in [1.807, 2.05) is 4.90 Å². The summed E-state index contributed by atoms with van der Waals surface area (Å²) in [6, 6.07) is 2.54. The lowest BCUT2D eigenvalue weighted by atomic mass is 10.2. The van der Waals surface area contributed by atoms with Crippen LogP contribution in [0.15, 0.2) is 6.07 Å². The molecule has 1 aromatic heterocycles. The highest BCUT2D eigenvalue weighted by molar-refractivity contribution is 7.14. The summed E-state index contributed by atoms with van der Waals surface area (Å²) < 4.78 is 0. The molecule has 5 heteroatoms. The van der Waals surface area contributed by atoms with E-state index < -0.39 is 0 Å². The predicted molar refractivity (Wildman–Crippen MR) is 77.0 cm³/mol. The molecule has 0 spiro atoms. The van der Waals surface area contributed by atoms with Crippen molar-refractivity contribution in [1.82, 2.24) is 10.2 Å². The molecule has 3 rings (SSSR count). The van der Waals surface area contributed by atoms with Gasteiger partial charge in [-0.1, -0.05) is 0 Å². The van der Waals surface area contributed by atoms with Crippen molar-refractivity contribution in [3.05, 3.63) is 21.4 Å². The van der Waals surface area contributed by atoms with Crippen LogP contribution in [0.1, 0.15) is 33.5 Å². The Bertz CT molecular complexity index is 425. The molecule has 3 nitrogen and oxygen atoms in total. The number of nitrogens with zero attached hydrogens (tertiary/aromatic N) is 1. The van der Waals surface area contributed by atoms with Crippen LogP contribution in [0.4, 0.5) is 0 Å². The second-order valence-corrected chi connectivity index (χ2v) is 6.16. The van der Waals surface area contributed by atoms with Gasteiger partial charge in [-0.25, -0.2) is 0 Å². The van der Waals surface area contributed by atoms with Crippen LogP contribution >= 0.6 is 23.7 Å². The van der Waals surface area contributed by atoms with Crippen molar-refractivity contribution in [2.45, 2.75) is 32.2 Å². The number of fused-ring (bicyclic) bond motifs is 1. The van der Waals surface area contributed by atoms with Crippen LogP contribution in [0.25, 0.3) is 0 Å². The number of carbonyl (C=O) groups excluding carboxylic acids is 1. The first-order chi connectivity index (χ1) is 8.24. The van der Waals surface area contributed by atoms with Crippen molar-refractivity contribution in [3.8, 4) is 0 Å². The van der Waals surface area contributed by atoms with Gasteiger partial charge in [-0.15, -0.1) is 23.7 Å². The Balaban J connectivity index is 0.00000120. The summed E-state index contributed by atoms with van der Waals surface area (Å²) in [5.41, 5.74) is 1.42. The fourth-order valence-electron chi connectivity index (χ4n) is 2.71. The second kappa shape index (κ2) is 5.59. The molecule has 2 heterocycles. The van der Waals surface area contributed by atoms with E-state index >= 15 is 0 Å². The molecule has 1 amide bonds. The van der Waals surface area contributed by atoms with Gasteiger partial charge in [0.25, 0.3) is 5.91 Å². The third-order valence-corrected chi connectivity index (χ3v) is 4.84. The normalized spacial score (nSPS) is 22.5. The number of hydrogen-bond donors (Lipinski definition) is 1. The van der Waals surface area contributed by atoms with E-state index in [1.54, 1.807) is 11.3 Å². The molecule has 0 unspecified atom stereocenters. The van der Waals surface area contributed by atoms with Crippen LogP contribution in [-0.4, -0.2) is 36.5 Å². The summed E-state index contributed by atoms with van der Waals surface area (Å²) in [4.78, 5) is 16.7. The Hall–Kier alpha value is -0.580. The number of nitrogens with one attached hydrogen (secondary N) is 1. The topological polar surface area (TPSA) is 32.3 Å². The van der Waals surface area contributed by atoms with E-state index in [4.69, 9.17) is 0 Å². The van der Waals surface area contributed by atoms with Gasteiger partial charge in [0.05, 0.1) is 4.88 Å². The summed E-state index contributed by atoms with van der Waals surface area (Å²) in [7, 11) is 0. The van der Waals surface area contributed by atoms with Crippen molar-refractivity contribution in [2.75, 3.05) is 19.6 Å². The smallest absolute Gasteiger partial charge is 0.264 e. The third-order valence-electron chi connectivity index (χ3n) is 3.61. The molecule has 0 radical (unpaired) electrons. The Kier molecular flexibility index (Phi) is 4.30. The lowest BCUT2D eigenvalue weighted by molar-refractivity contribution is 0.0714. The van der Waals surface area contributed by atoms with E-state index in [-0.39, 0.29) is 18.3 Å². The van der Waals surface area contributed by atoms with E-state index in [0.29, 0.717) is 6.04 Å². The number of halogens is 1. The van der Waals surface area contributed by atoms with Crippen molar-refractivity contribution in [2.24, 2.45) is 0 Å². The minimum Gasteiger partial charge on any atom is -0.335 e. The number of carbonyl (C=O) groups is 1. The predicted octanol–water partition coefficient (Wildman–Crippen LogP) is 2.09. The molecule has 1 fully saturated rings. The van der Waals surface area contributed by atoms with Crippen LogP contribution < -0.4 is 5.32 Å². The molecule has 1 aromatic rings. The summed E-state index contributed by atoms with van der Waals surface area (Å²) in [5, 5.41) is 3.37. The van der Waals surface area contributed by atoms with Crippen LogP contribution in [-0.2, 0) is 12.8 Å². The van der Waals surface area contributed by atoms with Gasteiger partial charge in [-0.05, 0) is 37.8 Å². The summed E-state index contributed by atoms with van der Waals surface area (Å²) >= 11 is 1.71. The first-order valence-electron chi connectivity index (χ1n) is 6.38. The molecule has 2 aliphatic rings. The average molecular weight is 287 g/mol. The summed E-state index contributed by atoms with van der Waals surface area (Å²) in [6.45, 7) is 4.72. The van der Waals surface area contributed by atoms with E-state index in [2.05, 4.69) is 18.3 Å². The molecule has 1 aliphatic carbocycles. The van der Waals surface area contributed by atoms with Crippen LogP contribution in [0.5, 0.6) is 0 Å². The van der Waals surface area contributed by atoms with Gasteiger partial charge >= 0.3 is 0 Å². The van der Waals surface area contributed by atoms with Gasteiger partial charge in [0.15, 0.2) is 0 Å². The Morgan fingerprint density at radius 2 is 2.33 bits per heavy atom. The number of hydrogen-bond acceptors (Lipinski definition) is 3. The van der Waals surface area contributed by atoms with Gasteiger partial charge in [0, 0.05) is 30.6 Å². The minimum atomic E-state index is 0. The van der Waals surface area contributed by atoms with Crippen molar-refractivity contribution in [3.63, 3.8) is 0 Å². The lowest BCUT2D eigenvalue weighted by Gasteiger charge is -2.31. The quantitative estimate of drug-likeness (QED) is 0.857. The van der Waals surface area contributed by atoms with E-state index in [9.17, 15) is 4.79 Å². The van der Waals surface area contributed by atoms with Gasteiger partial charge in [-0.2, -0.15) is 0 Å². The zero-order valence-corrected chi connectivity index (χ0v) is 12.2. The maximum atomic E-state index is 12.4. The largest absolute Gasteiger partial charge is 0.335 e. The number of rotatable bonds is 1. The zero-order chi connectivity index (χ0) is 11.8. The first-order valence-corrected chi connectivity index (χ1v) is 7.20. The van der Waals surface area contributed by atoms with E-state index in [1.165, 1.54) is 23.3 Å². The lowest BCUT2D eigenvalue weighted by Crippen LogP contribution is -2.51. The van der Waals surface area contributed by atoms with Crippen LogP contribution in [0.2, 0.25) is 0 Å². The number of thiophene rings is 1. The van der Waals surface area contributed by atoms with Gasteiger partial charge < -0.3 is 10.2 Å². The zero-order valence-electron chi connectivity index (χ0n) is 10.6. The summed E-state index contributed by atoms with van der Waals surface area (Å²) in [5.74, 6) is 0.234. The molecule has 0 aromatic carbocycles. The Labute approximate surface area is 118 Å². The second-order valence-electron chi connectivity index (χ2n) is 5.02. The summed E-state index contributed by atoms with van der Waals surface area (Å²) in [6.07, 6.45) is 3.60. The van der Waals surface area contributed by atoms with E-state index in [0.717, 1.165) is 30.9 Å². The van der Waals surface area contributed by atoms with Gasteiger partial charge in [0.1, 0.15) is 0 Å². The maximum absolute atomic E-state index is 12.4. The van der Waals surface area contributed by atoms with Crippen molar-refractivity contribution >= 4 is 29.7 Å². The first kappa shape index (κ1) is 13.8. The van der Waals surface area contributed by atoms with Gasteiger partial charge in [0.2, 0.25) is 0 Å². The molecule has 1 N–H and O–H groups in total. The highest BCUT2D eigenvalue weighted by Crippen LogP contribution is 2.31. The number of piperazine rings is 1. The number of amides is 1. The average Bonchev–Trinajstić information content (AvgIpc) is 2.88. The van der Waals surface area contributed by atoms with Crippen LogP contribution in [0.3, 0.4) is 0 Å². The SMILES string of the molecule is C[C@@H]1CN(C(=O)c2cc3c(s2)CCC3)CCN1.Cl. The molecule has 1 aliphatic heterocycles. The monoisotopic (exact) mass is 286 g/mol. The van der Waals surface area contributed by atoms with Crippen molar-refractivity contribution in [1.29, 1.82) is 0 Å². The molecule has 0 saturated carbocycles. The number of aryl methyl sites for hydroxylation is 2. The Morgan fingerprint density at radius 3 is 3.06 bits per heavy atom. The molecular formula is C13H19ClN2OS. The highest BCUT2D eigenvalue weighted by atomic mass is 35.5. The third kappa shape index (κ3) is 2.56. The molecule has 0 bridgehead atoms. The van der Waals surface area contributed by atoms with Crippen LogP contribution in [0, 0.1) is 0 Å². The highest BCUT2D eigenvalue weighted by Gasteiger charge is 2.25. The molecule has 100 valence electrons. The molecule has 1 atom stereocenters. The van der Waals surface area contributed by atoms with Crippen molar-refractivity contribution < 1.29 is 4.79 Å². The Morgan fingerprint density at radius 1 is 1.50 bits per heavy atom. The molecular weight excluding hydrogens is 268 g/mol. The minimum absolute atomic E-state index is 0.